The number of Topliss-reactive ketones (excluding diaryl/α,β-unsaturated/α-hetero) is 1. The monoisotopic (exact) mass is 631 g/mol. The second-order valence-corrected chi connectivity index (χ2v) is 11.3. The van der Waals surface area contributed by atoms with Crippen molar-refractivity contribution in [2.24, 2.45) is 0 Å². The first-order valence-corrected chi connectivity index (χ1v) is 14.6. The molecule has 3 aromatic rings. The third kappa shape index (κ3) is 5.95. The van der Waals surface area contributed by atoms with Crippen molar-refractivity contribution in [1.82, 2.24) is 5.32 Å². The molecule has 42 heavy (non-hydrogen) atoms. The van der Waals surface area contributed by atoms with Crippen LogP contribution in [0.25, 0.3) is 0 Å². The van der Waals surface area contributed by atoms with Gasteiger partial charge >= 0.3 is 5.97 Å². The van der Waals surface area contributed by atoms with E-state index in [1.165, 1.54) is 0 Å². The zero-order valence-electron chi connectivity index (χ0n) is 24.2. The molecule has 0 radical (unpaired) electrons. The minimum atomic E-state index is -0.642. The van der Waals surface area contributed by atoms with Crippen molar-refractivity contribution in [3.8, 4) is 17.2 Å². The Morgan fingerprint density at radius 1 is 0.905 bits per heavy atom. The summed E-state index contributed by atoms with van der Waals surface area (Å²) in [6.45, 7) is 2.09. The molecule has 1 heterocycles. The summed E-state index contributed by atoms with van der Waals surface area (Å²) in [5.41, 5.74) is 5.24. The Morgan fingerprint density at radius 3 is 2.33 bits per heavy atom. The van der Waals surface area contributed by atoms with Crippen molar-refractivity contribution < 1.29 is 28.5 Å². The van der Waals surface area contributed by atoms with E-state index in [9.17, 15) is 9.59 Å². The lowest BCUT2D eigenvalue weighted by Crippen LogP contribution is -2.36. The minimum Gasteiger partial charge on any atom is -0.496 e. The largest absolute Gasteiger partial charge is 0.496 e. The van der Waals surface area contributed by atoms with E-state index in [0.29, 0.717) is 46.9 Å². The molecule has 8 heteroatoms. The van der Waals surface area contributed by atoms with Crippen LogP contribution in [0.2, 0.25) is 0 Å². The number of rotatable bonds is 9. The number of hydrogen-bond acceptors (Lipinski definition) is 7. The van der Waals surface area contributed by atoms with Crippen LogP contribution in [0, 0.1) is 0 Å². The van der Waals surface area contributed by atoms with Gasteiger partial charge in [-0.2, -0.15) is 0 Å². The van der Waals surface area contributed by atoms with Crippen LogP contribution in [0.4, 0.5) is 0 Å². The Labute approximate surface area is 254 Å². The van der Waals surface area contributed by atoms with Gasteiger partial charge in [-0.25, -0.2) is 4.79 Å². The van der Waals surface area contributed by atoms with Gasteiger partial charge in [0.15, 0.2) is 17.3 Å². The first kappa shape index (κ1) is 29.5. The molecule has 0 aromatic heterocycles. The molecule has 0 spiro atoms. The van der Waals surface area contributed by atoms with Gasteiger partial charge in [0.2, 0.25) is 0 Å². The summed E-state index contributed by atoms with van der Waals surface area (Å²) in [4.78, 5) is 27.8. The average molecular weight is 633 g/mol. The maximum Gasteiger partial charge on any atom is 0.336 e. The van der Waals surface area contributed by atoms with E-state index >= 15 is 0 Å². The van der Waals surface area contributed by atoms with Crippen LogP contribution in [0.5, 0.6) is 17.2 Å². The van der Waals surface area contributed by atoms with E-state index in [4.69, 9.17) is 18.9 Å². The molecule has 0 saturated heterocycles. The predicted octanol–water partition coefficient (Wildman–Crippen LogP) is 6.62. The molecular formula is C34H34BrNO6. The number of carbonyl (C=O) groups excluding carboxylic acids is 2. The molecule has 0 fully saturated rings. The molecule has 218 valence electrons. The molecule has 1 aliphatic carbocycles. The van der Waals surface area contributed by atoms with Crippen LogP contribution in [-0.2, 0) is 20.7 Å². The summed E-state index contributed by atoms with van der Waals surface area (Å²) >= 11 is 3.57. The molecule has 2 atom stereocenters. The summed E-state index contributed by atoms with van der Waals surface area (Å²) in [6.07, 6.45) is 1.48. The summed E-state index contributed by atoms with van der Waals surface area (Å²) in [5, 5.41) is 3.42. The normalized spacial score (nSPS) is 18.3. The highest BCUT2D eigenvalue weighted by atomic mass is 79.9. The molecule has 3 aromatic carbocycles. The summed E-state index contributed by atoms with van der Waals surface area (Å²) in [7, 11) is 4.79. The highest BCUT2D eigenvalue weighted by Crippen LogP contribution is 2.48. The van der Waals surface area contributed by atoms with E-state index in [1.54, 1.807) is 21.3 Å². The highest BCUT2D eigenvalue weighted by molar-refractivity contribution is 9.10. The van der Waals surface area contributed by atoms with E-state index in [1.807, 2.05) is 73.7 Å². The third-order valence-corrected chi connectivity index (χ3v) is 8.39. The topological polar surface area (TPSA) is 83.1 Å². The second-order valence-electron chi connectivity index (χ2n) is 10.4. The molecule has 2 aliphatic rings. The van der Waals surface area contributed by atoms with E-state index < -0.39 is 11.9 Å². The predicted molar refractivity (Wildman–Crippen MR) is 164 cm³/mol. The summed E-state index contributed by atoms with van der Waals surface area (Å²) < 4.78 is 23.3. The van der Waals surface area contributed by atoms with Crippen molar-refractivity contribution in [2.75, 3.05) is 27.9 Å². The number of halogens is 1. The smallest absolute Gasteiger partial charge is 0.336 e. The maximum absolute atomic E-state index is 14.1. The van der Waals surface area contributed by atoms with E-state index in [0.717, 1.165) is 26.9 Å². The quantitative estimate of drug-likeness (QED) is 0.266. The fourth-order valence-electron chi connectivity index (χ4n) is 5.88. The number of dihydropyridines is 1. The van der Waals surface area contributed by atoms with E-state index in [2.05, 4.69) is 21.2 Å². The summed E-state index contributed by atoms with van der Waals surface area (Å²) in [5.74, 6) is 0.649. The first-order chi connectivity index (χ1) is 20.3. The molecule has 1 aliphatic heterocycles. The average Bonchev–Trinajstić information content (AvgIpc) is 3.00. The van der Waals surface area contributed by atoms with Gasteiger partial charge in [-0.15, -0.1) is 0 Å². The summed E-state index contributed by atoms with van der Waals surface area (Å²) in [6, 6.07) is 21.3. The number of nitrogens with one attached hydrogen (secondary N) is 1. The minimum absolute atomic E-state index is 0.0300. The second kappa shape index (κ2) is 12.9. The highest BCUT2D eigenvalue weighted by Gasteiger charge is 2.42. The van der Waals surface area contributed by atoms with Crippen molar-refractivity contribution in [3.05, 3.63) is 110 Å². The fourth-order valence-corrected chi connectivity index (χ4v) is 6.26. The van der Waals surface area contributed by atoms with Gasteiger partial charge in [0.1, 0.15) is 5.75 Å². The van der Waals surface area contributed by atoms with Crippen LogP contribution in [0.15, 0.2) is 93.7 Å². The van der Waals surface area contributed by atoms with Crippen LogP contribution < -0.4 is 19.5 Å². The SMILES string of the molecule is COc1ccc([C@H]2CC(=O)C3=C(C2)NC(C)=C(C(=O)OCCc2ccccc2)[C@@H]3c2cc(Br)ccc2OC)cc1OC. The Hall–Kier alpha value is -4.04. The van der Waals surface area contributed by atoms with Crippen LogP contribution >= 0.6 is 15.9 Å². The number of ether oxygens (including phenoxy) is 4. The van der Waals surface area contributed by atoms with Gasteiger partial charge < -0.3 is 24.3 Å². The molecule has 0 unspecified atom stereocenters. The lowest BCUT2D eigenvalue weighted by Gasteiger charge is -2.37. The van der Waals surface area contributed by atoms with Crippen LogP contribution in [-0.4, -0.2) is 39.7 Å². The number of esters is 1. The van der Waals surface area contributed by atoms with E-state index in [-0.39, 0.29) is 24.7 Å². The number of allylic oxidation sites excluding steroid dienone is 3. The third-order valence-electron chi connectivity index (χ3n) is 7.90. The molecular weight excluding hydrogens is 598 g/mol. The lowest BCUT2D eigenvalue weighted by molar-refractivity contribution is -0.139. The number of methoxy groups -OCH3 is 3. The molecule has 0 saturated carbocycles. The first-order valence-electron chi connectivity index (χ1n) is 13.8. The molecule has 5 rings (SSSR count). The molecule has 0 bridgehead atoms. The molecule has 1 N–H and O–H groups in total. The lowest BCUT2D eigenvalue weighted by atomic mass is 9.71. The standard InChI is InChI=1S/C34H34BrNO6/c1-20-31(34(38)42-15-14-21-8-6-5-7-9-21)32(25-19-24(35)11-13-28(25)39-2)33-26(36-20)16-23(17-27(33)37)22-10-12-29(40-3)30(18-22)41-4/h5-13,18-19,23,32,36H,14-17H2,1-4H3/t23-,32+/m1/s1. The van der Waals surface area contributed by atoms with Crippen LogP contribution in [0.3, 0.4) is 0 Å². The van der Waals surface area contributed by atoms with Gasteiger partial charge in [-0.1, -0.05) is 52.3 Å². The molecule has 7 nitrogen and oxygen atoms in total. The van der Waals surface area contributed by atoms with Gasteiger partial charge in [-0.3, -0.25) is 4.79 Å². The van der Waals surface area contributed by atoms with Gasteiger partial charge in [0, 0.05) is 39.8 Å². The van der Waals surface area contributed by atoms with Crippen molar-refractivity contribution in [2.45, 2.75) is 38.0 Å². The zero-order valence-corrected chi connectivity index (χ0v) is 25.7. The Bertz CT molecular complexity index is 1560. The number of carbonyl (C=O) groups is 2. The van der Waals surface area contributed by atoms with Crippen molar-refractivity contribution in [3.63, 3.8) is 0 Å². The maximum atomic E-state index is 14.1. The van der Waals surface area contributed by atoms with Crippen molar-refractivity contribution in [1.29, 1.82) is 0 Å². The molecule has 0 amide bonds. The van der Waals surface area contributed by atoms with Crippen molar-refractivity contribution >= 4 is 27.7 Å². The Balaban J connectivity index is 1.51. The van der Waals surface area contributed by atoms with Gasteiger partial charge in [-0.05, 0) is 60.7 Å². The Morgan fingerprint density at radius 2 is 1.62 bits per heavy atom. The number of hydrogen-bond donors (Lipinski definition) is 1. The van der Waals surface area contributed by atoms with Gasteiger partial charge in [0.05, 0.1) is 39.4 Å². The Kier molecular flexibility index (Phi) is 9.02. The number of benzene rings is 3. The zero-order chi connectivity index (χ0) is 29.8. The van der Waals surface area contributed by atoms with Gasteiger partial charge in [0.25, 0.3) is 0 Å². The van der Waals surface area contributed by atoms with Crippen LogP contribution in [0.1, 0.15) is 48.3 Å². The fraction of sp³-hybridized carbons (Fsp3) is 0.294. The number of ketones is 1.